The first-order valence-electron chi connectivity index (χ1n) is 10.8. The van der Waals surface area contributed by atoms with Crippen LogP contribution in [0, 0.1) is 17.3 Å². The molecule has 4 atom stereocenters. The predicted molar refractivity (Wildman–Crippen MR) is 108 cm³/mol. The van der Waals surface area contributed by atoms with Gasteiger partial charge in [-0.05, 0) is 69.1 Å². The van der Waals surface area contributed by atoms with Crippen molar-refractivity contribution in [1.82, 2.24) is 0 Å². The molecule has 4 unspecified atom stereocenters. The first-order chi connectivity index (χ1) is 12.2. The van der Waals surface area contributed by atoms with E-state index in [1.165, 1.54) is 32.1 Å². The van der Waals surface area contributed by atoms with Gasteiger partial charge in [-0.25, -0.2) is 0 Å². The SMILES string of the molecule is C=CCCC1CC(C)CCCC2(C)OC2(O)CCOCCCC(C)(C)C1. The van der Waals surface area contributed by atoms with Gasteiger partial charge < -0.3 is 14.6 Å². The summed E-state index contributed by atoms with van der Waals surface area (Å²) in [6.07, 6.45) is 13.2. The quantitative estimate of drug-likeness (QED) is 0.502. The minimum Gasteiger partial charge on any atom is -0.381 e. The third-order valence-electron chi connectivity index (χ3n) is 6.61. The number of epoxide rings is 1. The highest BCUT2D eigenvalue weighted by Gasteiger charge is 2.65. The Hall–Kier alpha value is -0.380. The van der Waals surface area contributed by atoms with Crippen LogP contribution in [0.1, 0.15) is 91.9 Å². The van der Waals surface area contributed by atoms with E-state index >= 15 is 0 Å². The van der Waals surface area contributed by atoms with Gasteiger partial charge in [0.1, 0.15) is 5.60 Å². The van der Waals surface area contributed by atoms with E-state index in [1.807, 2.05) is 0 Å². The summed E-state index contributed by atoms with van der Waals surface area (Å²) in [5.74, 6) is 0.544. The molecule has 2 heterocycles. The largest absolute Gasteiger partial charge is 0.381 e. The van der Waals surface area contributed by atoms with Crippen LogP contribution in [-0.2, 0) is 9.47 Å². The van der Waals surface area contributed by atoms with Gasteiger partial charge in [0.25, 0.3) is 0 Å². The Kier molecular flexibility index (Phi) is 7.76. The van der Waals surface area contributed by atoms with Gasteiger partial charge in [0.05, 0.1) is 6.61 Å². The van der Waals surface area contributed by atoms with Crippen molar-refractivity contribution in [2.75, 3.05) is 13.2 Å². The van der Waals surface area contributed by atoms with E-state index in [0.29, 0.717) is 18.4 Å². The molecule has 3 heteroatoms. The summed E-state index contributed by atoms with van der Waals surface area (Å²) in [6.45, 7) is 14.6. The normalized spacial score (nSPS) is 39.7. The van der Waals surface area contributed by atoms with Crippen LogP contribution in [0.3, 0.4) is 0 Å². The topological polar surface area (TPSA) is 42.0 Å². The zero-order valence-corrected chi connectivity index (χ0v) is 17.7. The van der Waals surface area contributed by atoms with Crippen molar-refractivity contribution in [3.63, 3.8) is 0 Å². The van der Waals surface area contributed by atoms with E-state index in [-0.39, 0.29) is 5.60 Å². The van der Waals surface area contributed by atoms with Gasteiger partial charge in [-0.2, -0.15) is 0 Å². The summed E-state index contributed by atoms with van der Waals surface area (Å²) < 4.78 is 11.5. The Morgan fingerprint density at radius 1 is 1.12 bits per heavy atom. The van der Waals surface area contributed by atoms with Crippen molar-refractivity contribution < 1.29 is 14.6 Å². The molecule has 0 aromatic carbocycles. The summed E-state index contributed by atoms with van der Waals surface area (Å²) in [5.41, 5.74) is -0.000255. The van der Waals surface area contributed by atoms with Crippen molar-refractivity contribution in [3.05, 3.63) is 12.7 Å². The highest BCUT2D eigenvalue weighted by molar-refractivity contribution is 5.05. The second-order valence-electron chi connectivity index (χ2n) is 9.92. The summed E-state index contributed by atoms with van der Waals surface area (Å²) in [5, 5.41) is 10.6. The van der Waals surface area contributed by atoms with Crippen LogP contribution in [0.25, 0.3) is 0 Å². The molecule has 0 aromatic rings. The summed E-state index contributed by atoms with van der Waals surface area (Å²) >= 11 is 0. The average Bonchev–Trinajstić information content (AvgIpc) is 3.08. The zero-order valence-electron chi connectivity index (χ0n) is 17.7. The molecule has 1 N–H and O–H groups in total. The number of allylic oxidation sites excluding steroid dienone is 1. The van der Waals surface area contributed by atoms with E-state index in [1.54, 1.807) is 0 Å². The van der Waals surface area contributed by atoms with Crippen LogP contribution in [0.2, 0.25) is 0 Å². The summed E-state index contributed by atoms with van der Waals surface area (Å²) in [4.78, 5) is 0. The Morgan fingerprint density at radius 3 is 2.62 bits per heavy atom. The second-order valence-corrected chi connectivity index (χ2v) is 9.92. The molecule has 0 aromatic heterocycles. The summed E-state index contributed by atoms with van der Waals surface area (Å²) in [7, 11) is 0. The molecule has 0 spiro atoms. The van der Waals surface area contributed by atoms with Crippen molar-refractivity contribution >= 4 is 0 Å². The molecule has 26 heavy (non-hydrogen) atoms. The molecule has 2 saturated heterocycles. The average molecular weight is 367 g/mol. The van der Waals surface area contributed by atoms with E-state index in [9.17, 15) is 5.11 Å². The van der Waals surface area contributed by atoms with Gasteiger partial charge in [0, 0.05) is 13.0 Å². The highest BCUT2D eigenvalue weighted by atomic mass is 16.7. The lowest BCUT2D eigenvalue weighted by molar-refractivity contribution is -0.00237. The van der Waals surface area contributed by atoms with Gasteiger partial charge >= 0.3 is 0 Å². The monoisotopic (exact) mass is 366 g/mol. The van der Waals surface area contributed by atoms with Crippen molar-refractivity contribution in [1.29, 1.82) is 0 Å². The molecule has 2 aliphatic heterocycles. The van der Waals surface area contributed by atoms with Gasteiger partial charge in [0.15, 0.2) is 5.79 Å². The number of ether oxygens (including phenoxy) is 2. The van der Waals surface area contributed by atoms with Crippen molar-refractivity contribution in [2.45, 2.75) is 103 Å². The third-order valence-corrected chi connectivity index (χ3v) is 6.61. The smallest absolute Gasteiger partial charge is 0.198 e. The van der Waals surface area contributed by atoms with Gasteiger partial charge in [-0.3, -0.25) is 0 Å². The minimum atomic E-state index is -0.959. The Bertz CT molecular complexity index is 447. The molecular formula is C23H42O3. The number of rotatable bonds is 3. The third kappa shape index (κ3) is 6.35. The van der Waals surface area contributed by atoms with Crippen molar-refractivity contribution in [3.8, 4) is 0 Å². The van der Waals surface area contributed by atoms with Crippen LogP contribution in [-0.4, -0.2) is 29.7 Å². The fraction of sp³-hybridized carbons (Fsp3) is 0.913. The Labute approximate surface area is 161 Å². The Morgan fingerprint density at radius 2 is 1.88 bits per heavy atom. The number of hydrogen-bond acceptors (Lipinski definition) is 3. The van der Waals surface area contributed by atoms with Crippen molar-refractivity contribution in [2.24, 2.45) is 17.3 Å². The molecule has 0 radical (unpaired) electrons. The fourth-order valence-corrected chi connectivity index (χ4v) is 4.89. The lowest BCUT2D eigenvalue weighted by Crippen LogP contribution is -2.25. The Balaban J connectivity index is 1.96. The molecule has 2 rings (SSSR count). The van der Waals surface area contributed by atoms with Crippen LogP contribution in [0.5, 0.6) is 0 Å². The van der Waals surface area contributed by atoms with Crippen LogP contribution in [0.15, 0.2) is 12.7 Å². The minimum absolute atomic E-state index is 0.363. The van der Waals surface area contributed by atoms with Crippen LogP contribution in [0.4, 0.5) is 0 Å². The molecule has 0 bridgehead atoms. The highest BCUT2D eigenvalue weighted by Crippen LogP contribution is 2.51. The molecule has 2 aliphatic rings. The van der Waals surface area contributed by atoms with Crippen LogP contribution >= 0.6 is 0 Å². The van der Waals surface area contributed by atoms with E-state index in [2.05, 4.69) is 40.3 Å². The molecule has 2 fully saturated rings. The number of fused-ring (bicyclic) bond motifs is 1. The molecule has 0 aliphatic carbocycles. The maximum absolute atomic E-state index is 10.6. The first-order valence-corrected chi connectivity index (χ1v) is 10.8. The lowest BCUT2D eigenvalue weighted by atomic mass is 9.75. The summed E-state index contributed by atoms with van der Waals surface area (Å²) in [6, 6.07) is 0. The first kappa shape index (κ1) is 21.9. The number of hydrogen-bond donors (Lipinski definition) is 1. The van der Waals surface area contributed by atoms with E-state index in [0.717, 1.165) is 44.1 Å². The molecule has 0 saturated carbocycles. The van der Waals surface area contributed by atoms with E-state index < -0.39 is 5.79 Å². The standard InChI is InChI=1S/C23H42O3/c1-6-7-11-20-17-19(2)10-8-13-22(5)23(24,26-22)14-16-25-15-9-12-21(3,4)18-20/h6,19-20,24H,1,7-18H2,2-5H3. The second kappa shape index (κ2) is 9.21. The van der Waals surface area contributed by atoms with Gasteiger partial charge in [-0.1, -0.05) is 39.7 Å². The van der Waals surface area contributed by atoms with Gasteiger partial charge in [0.2, 0.25) is 0 Å². The van der Waals surface area contributed by atoms with Gasteiger partial charge in [-0.15, -0.1) is 6.58 Å². The molecular weight excluding hydrogens is 324 g/mol. The van der Waals surface area contributed by atoms with Crippen LogP contribution < -0.4 is 0 Å². The predicted octanol–water partition coefficient (Wildman–Crippen LogP) is 5.86. The lowest BCUT2D eigenvalue weighted by Gasteiger charge is -2.31. The maximum atomic E-state index is 10.6. The molecule has 3 nitrogen and oxygen atoms in total. The fourth-order valence-electron chi connectivity index (χ4n) is 4.89. The zero-order chi connectivity index (χ0) is 19.3. The molecule has 152 valence electrons. The molecule has 0 amide bonds. The number of aliphatic hydroxyl groups is 1. The van der Waals surface area contributed by atoms with E-state index in [4.69, 9.17) is 9.47 Å². The maximum Gasteiger partial charge on any atom is 0.198 e.